The highest BCUT2D eigenvalue weighted by Crippen LogP contribution is 2.35. The van der Waals surface area contributed by atoms with E-state index in [1.165, 1.54) is 18.4 Å². The number of amides is 1. The molecule has 1 aromatic heterocycles. The van der Waals surface area contributed by atoms with Gasteiger partial charge in [-0.15, -0.1) is 11.3 Å². The van der Waals surface area contributed by atoms with Crippen LogP contribution in [0.4, 0.5) is 0 Å². The van der Waals surface area contributed by atoms with Gasteiger partial charge in [-0.1, -0.05) is 60.0 Å². The van der Waals surface area contributed by atoms with Crippen molar-refractivity contribution >= 4 is 31.5 Å². The molecule has 34 heavy (non-hydrogen) atoms. The van der Waals surface area contributed by atoms with Crippen LogP contribution in [0.25, 0.3) is 10.4 Å². The molecule has 1 aromatic rings. The van der Waals surface area contributed by atoms with Gasteiger partial charge < -0.3 is 14.5 Å². The summed E-state index contributed by atoms with van der Waals surface area (Å²) in [5, 5.41) is 9.27. The van der Waals surface area contributed by atoms with Crippen molar-refractivity contribution in [3.05, 3.63) is 26.5 Å². The van der Waals surface area contributed by atoms with Crippen molar-refractivity contribution in [2.45, 2.75) is 97.6 Å². The first-order chi connectivity index (χ1) is 16.1. The SMILES string of the molecule is CCC(C)[C@H](N=[N+]=[N-])C(=O)N[C@H](C[C@H](O[Si](CC)(CC)CC)c1nc(C(=O)OC)cs1)C(C)C. The second-order valence-electron chi connectivity index (χ2n) is 9.04. The Morgan fingerprint density at radius 1 is 1.21 bits per heavy atom. The Balaban J connectivity index is 3.30. The van der Waals surface area contributed by atoms with Crippen LogP contribution in [0.2, 0.25) is 18.1 Å². The van der Waals surface area contributed by atoms with Crippen LogP contribution >= 0.6 is 11.3 Å². The maximum atomic E-state index is 13.1. The Morgan fingerprint density at radius 3 is 2.29 bits per heavy atom. The average molecular weight is 512 g/mol. The van der Waals surface area contributed by atoms with Crippen molar-refractivity contribution in [3.63, 3.8) is 0 Å². The minimum absolute atomic E-state index is 0.0716. The third-order valence-corrected chi connectivity index (χ3v) is 12.3. The molecule has 192 valence electrons. The van der Waals surface area contributed by atoms with Crippen molar-refractivity contribution in [1.29, 1.82) is 0 Å². The van der Waals surface area contributed by atoms with Crippen molar-refractivity contribution in [3.8, 4) is 0 Å². The van der Waals surface area contributed by atoms with Gasteiger partial charge in [0.05, 0.1) is 13.2 Å². The number of ether oxygens (including phenoxy) is 1. The lowest BCUT2D eigenvalue weighted by Gasteiger charge is -2.35. The Bertz CT molecular complexity index is 831. The summed E-state index contributed by atoms with van der Waals surface area (Å²) in [5.41, 5.74) is 9.22. The molecule has 9 nitrogen and oxygen atoms in total. The van der Waals surface area contributed by atoms with Gasteiger partial charge in [0.2, 0.25) is 5.91 Å². The number of hydrogen-bond acceptors (Lipinski definition) is 7. The summed E-state index contributed by atoms with van der Waals surface area (Å²) >= 11 is 1.38. The predicted molar refractivity (Wildman–Crippen MR) is 138 cm³/mol. The lowest BCUT2D eigenvalue weighted by molar-refractivity contribution is -0.124. The second-order valence-corrected chi connectivity index (χ2v) is 14.7. The molecule has 0 bridgehead atoms. The second kappa shape index (κ2) is 14.5. The maximum absolute atomic E-state index is 13.1. The van der Waals surface area contributed by atoms with Crippen molar-refractivity contribution < 1.29 is 18.8 Å². The normalized spacial score (nSPS) is 15.2. The number of methoxy groups -OCH3 is 1. The molecule has 0 fully saturated rings. The van der Waals surface area contributed by atoms with E-state index < -0.39 is 20.3 Å². The molecule has 0 aromatic carbocycles. The van der Waals surface area contributed by atoms with Crippen LogP contribution in [0, 0.1) is 11.8 Å². The quantitative estimate of drug-likeness (QED) is 0.0979. The van der Waals surface area contributed by atoms with Gasteiger partial charge in [-0.25, -0.2) is 9.78 Å². The van der Waals surface area contributed by atoms with E-state index in [0.717, 1.165) is 24.6 Å². The van der Waals surface area contributed by atoms with Crippen LogP contribution in [0.3, 0.4) is 0 Å². The summed E-state index contributed by atoms with van der Waals surface area (Å²) in [6.45, 7) is 14.4. The zero-order valence-electron chi connectivity index (χ0n) is 21.8. The van der Waals surface area contributed by atoms with Gasteiger partial charge in [0.25, 0.3) is 0 Å². The molecule has 0 aliphatic heterocycles. The largest absolute Gasteiger partial charge is 0.464 e. The summed E-state index contributed by atoms with van der Waals surface area (Å²) in [7, 11) is -0.684. The van der Waals surface area contributed by atoms with Crippen molar-refractivity contribution in [1.82, 2.24) is 10.3 Å². The van der Waals surface area contributed by atoms with Crippen LogP contribution < -0.4 is 5.32 Å². The number of aromatic nitrogens is 1. The summed E-state index contributed by atoms with van der Waals surface area (Å²) in [4.78, 5) is 32.5. The molecule has 1 unspecified atom stereocenters. The minimum atomic E-state index is -2.02. The Hall–Kier alpha value is -1.94. The molecule has 1 N–H and O–H groups in total. The number of carbonyl (C=O) groups is 2. The summed E-state index contributed by atoms with van der Waals surface area (Å²) < 4.78 is 11.7. The first kappa shape index (κ1) is 30.1. The molecule has 0 spiro atoms. The molecule has 0 saturated heterocycles. The summed E-state index contributed by atoms with van der Waals surface area (Å²) in [6.07, 6.45) is 0.877. The third kappa shape index (κ3) is 8.08. The van der Waals surface area contributed by atoms with Gasteiger partial charge in [0.15, 0.2) is 14.0 Å². The molecule has 0 aliphatic carbocycles. The van der Waals surface area contributed by atoms with Crippen LogP contribution in [0.15, 0.2) is 10.5 Å². The smallest absolute Gasteiger partial charge is 0.357 e. The molecule has 0 aliphatic rings. The molecular weight excluding hydrogens is 470 g/mol. The monoisotopic (exact) mass is 511 g/mol. The first-order valence-electron chi connectivity index (χ1n) is 12.2. The predicted octanol–water partition coefficient (Wildman–Crippen LogP) is 6.25. The fraction of sp³-hybridized carbons (Fsp3) is 0.783. The van der Waals surface area contributed by atoms with E-state index in [2.05, 4.69) is 41.1 Å². The summed E-state index contributed by atoms with van der Waals surface area (Å²) in [5.74, 6) is -0.716. The van der Waals surface area contributed by atoms with Crippen LogP contribution in [-0.2, 0) is 14.0 Å². The number of nitrogens with zero attached hydrogens (tertiary/aromatic N) is 4. The molecule has 1 rings (SSSR count). The topological polar surface area (TPSA) is 126 Å². The number of carbonyl (C=O) groups excluding carboxylic acids is 2. The Labute approximate surface area is 208 Å². The average Bonchev–Trinajstić information content (AvgIpc) is 3.33. The molecule has 1 amide bonds. The van der Waals surface area contributed by atoms with Gasteiger partial charge in [-0.05, 0) is 41.9 Å². The van der Waals surface area contributed by atoms with Crippen LogP contribution in [0.5, 0.6) is 0 Å². The zero-order valence-corrected chi connectivity index (χ0v) is 23.6. The van der Waals surface area contributed by atoms with Crippen LogP contribution in [0.1, 0.15) is 82.9 Å². The van der Waals surface area contributed by atoms with Gasteiger partial charge in [-0.2, -0.15) is 0 Å². The maximum Gasteiger partial charge on any atom is 0.357 e. The number of thiazole rings is 1. The van der Waals surface area contributed by atoms with Gasteiger partial charge >= 0.3 is 5.97 Å². The van der Waals surface area contributed by atoms with Crippen LogP contribution in [-0.4, -0.2) is 44.4 Å². The van der Waals surface area contributed by atoms with E-state index in [0.29, 0.717) is 11.4 Å². The molecule has 4 atom stereocenters. The van der Waals surface area contributed by atoms with Gasteiger partial charge in [-0.3, -0.25) is 4.79 Å². The van der Waals surface area contributed by atoms with E-state index in [-0.39, 0.29) is 35.6 Å². The highest BCUT2D eigenvalue weighted by molar-refractivity contribution is 7.09. The van der Waals surface area contributed by atoms with Gasteiger partial charge in [0.1, 0.15) is 11.0 Å². The lowest BCUT2D eigenvalue weighted by atomic mass is 9.95. The van der Waals surface area contributed by atoms with E-state index in [4.69, 9.17) is 14.7 Å². The van der Waals surface area contributed by atoms with E-state index in [1.54, 1.807) is 5.38 Å². The third-order valence-electron chi connectivity index (χ3n) is 6.75. The highest BCUT2D eigenvalue weighted by atomic mass is 32.1. The molecule has 11 heteroatoms. The highest BCUT2D eigenvalue weighted by Gasteiger charge is 2.36. The lowest BCUT2D eigenvalue weighted by Crippen LogP contribution is -2.47. The molecular formula is C23H41N5O4SSi. The molecule has 0 saturated carbocycles. The number of rotatable bonds is 15. The minimum Gasteiger partial charge on any atom is -0.464 e. The fourth-order valence-electron chi connectivity index (χ4n) is 3.83. The van der Waals surface area contributed by atoms with Crippen molar-refractivity contribution in [2.75, 3.05) is 7.11 Å². The number of hydrogen-bond donors (Lipinski definition) is 1. The summed E-state index contributed by atoms with van der Waals surface area (Å²) in [6, 6.07) is 1.92. The number of azide groups is 1. The first-order valence-corrected chi connectivity index (χ1v) is 15.6. The molecule has 1 heterocycles. The van der Waals surface area contributed by atoms with E-state index in [9.17, 15) is 9.59 Å². The fourth-order valence-corrected chi connectivity index (χ4v) is 7.56. The zero-order chi connectivity index (χ0) is 25.9. The van der Waals surface area contributed by atoms with Crippen molar-refractivity contribution in [2.24, 2.45) is 17.0 Å². The number of nitrogens with one attached hydrogen (secondary N) is 1. The van der Waals surface area contributed by atoms with E-state index >= 15 is 0 Å². The van der Waals surface area contributed by atoms with E-state index in [1.807, 2.05) is 27.7 Å². The van der Waals surface area contributed by atoms with Gasteiger partial charge in [0, 0.05) is 16.3 Å². The number of esters is 1. The standard InChI is InChI=1S/C23H41N5O4SSi/c1-9-16(7)20(27-28-24)21(29)25-17(15(5)6)13-19(32-34(10-2,11-3)12-4)22-26-18(14-33-22)23(30)31-8/h14-17,19-20H,9-13H2,1-8H3,(H,25,29)/t16?,17-,19+,20+/m1/s1. The molecule has 0 radical (unpaired) electrons. The Morgan fingerprint density at radius 2 is 1.82 bits per heavy atom. The Kier molecular flexibility index (Phi) is 12.8.